The van der Waals surface area contributed by atoms with Crippen LogP contribution in [-0.4, -0.2) is 21.7 Å². The van der Waals surface area contributed by atoms with E-state index < -0.39 is 6.67 Å². The van der Waals surface area contributed by atoms with Crippen molar-refractivity contribution in [1.29, 1.82) is 0 Å². The third-order valence-electron chi connectivity index (χ3n) is 1.13. The molecule has 0 N–H and O–H groups in total. The topological polar surface area (TPSA) is 30.7 Å². The number of nitrogens with zero attached hydrogens (tertiary/aromatic N) is 3. The molecule has 0 radical (unpaired) electrons. The summed E-state index contributed by atoms with van der Waals surface area (Å²) in [4.78, 5) is 0. The van der Waals surface area contributed by atoms with Gasteiger partial charge in [0, 0.05) is 5.33 Å². The predicted octanol–water partition coefficient (Wildman–Crippen LogP) is 1.14. The van der Waals surface area contributed by atoms with Crippen molar-refractivity contribution in [3.63, 3.8) is 0 Å². The van der Waals surface area contributed by atoms with Crippen molar-refractivity contribution < 1.29 is 4.39 Å². The monoisotopic (exact) mass is 207 g/mol. The maximum absolute atomic E-state index is 11.8. The predicted molar refractivity (Wildman–Crippen MR) is 38.6 cm³/mol. The molecule has 3 nitrogen and oxygen atoms in total. The third kappa shape index (κ3) is 1.53. The Labute approximate surface area is 66.4 Å². The average Bonchev–Trinajstić information content (AvgIpc) is 2.36. The van der Waals surface area contributed by atoms with Gasteiger partial charge in [-0.15, -0.1) is 5.10 Å². The summed E-state index contributed by atoms with van der Waals surface area (Å²) in [6.45, 7) is -0.107. The first kappa shape index (κ1) is 7.65. The average molecular weight is 208 g/mol. The van der Waals surface area contributed by atoms with Gasteiger partial charge in [0.15, 0.2) is 0 Å². The zero-order valence-corrected chi connectivity index (χ0v) is 6.88. The Morgan fingerprint density at radius 1 is 1.70 bits per heavy atom. The standard InChI is InChI=1S/C5H7BrFN3/c6-3-5-4-8-9-10(5)2-1-7/h4H,1-3H2. The van der Waals surface area contributed by atoms with Gasteiger partial charge in [0.1, 0.15) is 6.67 Å². The third-order valence-corrected chi connectivity index (χ3v) is 1.71. The van der Waals surface area contributed by atoms with Crippen LogP contribution in [0.2, 0.25) is 0 Å². The fraction of sp³-hybridized carbons (Fsp3) is 0.600. The van der Waals surface area contributed by atoms with E-state index in [1.165, 1.54) is 4.68 Å². The summed E-state index contributed by atoms with van der Waals surface area (Å²) in [6, 6.07) is 0. The van der Waals surface area contributed by atoms with Gasteiger partial charge in [0.05, 0.1) is 18.4 Å². The highest BCUT2D eigenvalue weighted by molar-refractivity contribution is 9.08. The highest BCUT2D eigenvalue weighted by Crippen LogP contribution is 2.01. The lowest BCUT2D eigenvalue weighted by Gasteiger charge is -1.97. The van der Waals surface area contributed by atoms with Crippen molar-refractivity contribution in [2.24, 2.45) is 0 Å². The van der Waals surface area contributed by atoms with Crippen LogP contribution >= 0.6 is 15.9 Å². The minimum atomic E-state index is -0.399. The second-order valence-electron chi connectivity index (χ2n) is 1.77. The van der Waals surface area contributed by atoms with E-state index in [4.69, 9.17) is 0 Å². The molecule has 5 heteroatoms. The number of aryl methyl sites for hydroxylation is 1. The Bertz CT molecular complexity index is 201. The van der Waals surface area contributed by atoms with E-state index in [1.807, 2.05) is 0 Å². The first-order chi connectivity index (χ1) is 4.88. The highest BCUT2D eigenvalue weighted by atomic mass is 79.9. The molecule has 0 spiro atoms. The molecule has 56 valence electrons. The van der Waals surface area contributed by atoms with Crippen LogP contribution in [-0.2, 0) is 11.9 Å². The van der Waals surface area contributed by atoms with E-state index >= 15 is 0 Å². The Kier molecular flexibility index (Phi) is 2.80. The van der Waals surface area contributed by atoms with E-state index in [0.29, 0.717) is 11.9 Å². The first-order valence-corrected chi connectivity index (χ1v) is 4.00. The lowest BCUT2D eigenvalue weighted by molar-refractivity contribution is 0.417. The van der Waals surface area contributed by atoms with Crippen molar-refractivity contribution in [2.75, 3.05) is 6.67 Å². The molecule has 0 aliphatic rings. The second-order valence-corrected chi connectivity index (χ2v) is 2.33. The minimum Gasteiger partial charge on any atom is -0.249 e. The number of aromatic nitrogens is 3. The van der Waals surface area contributed by atoms with Gasteiger partial charge < -0.3 is 0 Å². The van der Waals surface area contributed by atoms with Gasteiger partial charge in [0.2, 0.25) is 0 Å². The van der Waals surface area contributed by atoms with E-state index in [1.54, 1.807) is 6.20 Å². The summed E-state index contributed by atoms with van der Waals surface area (Å²) >= 11 is 3.23. The number of halogens is 2. The van der Waals surface area contributed by atoms with Gasteiger partial charge in [-0.1, -0.05) is 21.1 Å². The van der Waals surface area contributed by atoms with Crippen molar-refractivity contribution in [2.45, 2.75) is 11.9 Å². The Morgan fingerprint density at radius 3 is 3.10 bits per heavy atom. The van der Waals surface area contributed by atoms with E-state index in [2.05, 4.69) is 26.2 Å². The molecule has 0 aromatic carbocycles. The molecule has 0 atom stereocenters. The van der Waals surface area contributed by atoms with Gasteiger partial charge in [-0.2, -0.15) is 0 Å². The summed E-state index contributed by atoms with van der Waals surface area (Å²) in [7, 11) is 0. The molecule has 0 fully saturated rings. The zero-order chi connectivity index (χ0) is 7.40. The summed E-state index contributed by atoms with van der Waals surface area (Å²) < 4.78 is 13.3. The summed E-state index contributed by atoms with van der Waals surface area (Å²) in [5.41, 5.74) is 0.901. The van der Waals surface area contributed by atoms with Crippen molar-refractivity contribution in [3.8, 4) is 0 Å². The van der Waals surface area contributed by atoms with Crippen LogP contribution < -0.4 is 0 Å². The van der Waals surface area contributed by atoms with Crippen LogP contribution in [0.5, 0.6) is 0 Å². The summed E-state index contributed by atoms with van der Waals surface area (Å²) in [5.74, 6) is 0. The number of hydrogen-bond donors (Lipinski definition) is 0. The van der Waals surface area contributed by atoms with Crippen LogP contribution in [0.15, 0.2) is 6.20 Å². The molecule has 1 rings (SSSR count). The normalized spacial score (nSPS) is 10.2. The zero-order valence-electron chi connectivity index (χ0n) is 5.30. The van der Waals surface area contributed by atoms with E-state index in [-0.39, 0.29) is 0 Å². The van der Waals surface area contributed by atoms with E-state index in [0.717, 1.165) is 5.69 Å². The quantitative estimate of drug-likeness (QED) is 0.697. The molecule has 1 aromatic rings. The Morgan fingerprint density at radius 2 is 2.50 bits per heavy atom. The van der Waals surface area contributed by atoms with Crippen molar-refractivity contribution in [1.82, 2.24) is 15.0 Å². The van der Waals surface area contributed by atoms with Crippen LogP contribution in [0.3, 0.4) is 0 Å². The van der Waals surface area contributed by atoms with Crippen LogP contribution in [0.1, 0.15) is 5.69 Å². The molecule has 0 aliphatic heterocycles. The van der Waals surface area contributed by atoms with Gasteiger partial charge in [0.25, 0.3) is 0 Å². The molecule has 0 unspecified atom stereocenters. The smallest absolute Gasteiger partial charge is 0.109 e. The molecule has 0 aliphatic carbocycles. The molecule has 1 heterocycles. The maximum atomic E-state index is 11.8. The molecule has 0 amide bonds. The van der Waals surface area contributed by atoms with Crippen molar-refractivity contribution >= 4 is 15.9 Å². The van der Waals surface area contributed by atoms with Gasteiger partial charge >= 0.3 is 0 Å². The van der Waals surface area contributed by atoms with Crippen LogP contribution in [0, 0.1) is 0 Å². The molecule has 0 bridgehead atoms. The molecule has 1 aromatic heterocycles. The number of rotatable bonds is 3. The molecular formula is C5H7BrFN3. The minimum absolute atomic E-state index is 0.293. The molecular weight excluding hydrogens is 201 g/mol. The molecule has 0 saturated heterocycles. The van der Waals surface area contributed by atoms with Gasteiger partial charge in [-0.05, 0) is 0 Å². The lowest BCUT2D eigenvalue weighted by Crippen LogP contribution is -2.04. The van der Waals surface area contributed by atoms with Gasteiger partial charge in [-0.3, -0.25) is 0 Å². The Hall–Kier alpha value is -0.450. The van der Waals surface area contributed by atoms with Crippen molar-refractivity contribution in [3.05, 3.63) is 11.9 Å². The highest BCUT2D eigenvalue weighted by Gasteiger charge is 1.99. The Balaban J connectivity index is 2.70. The van der Waals surface area contributed by atoms with E-state index in [9.17, 15) is 4.39 Å². The van der Waals surface area contributed by atoms with Crippen LogP contribution in [0.4, 0.5) is 4.39 Å². The molecule has 0 saturated carbocycles. The van der Waals surface area contributed by atoms with Gasteiger partial charge in [-0.25, -0.2) is 9.07 Å². The summed E-state index contributed by atoms with van der Waals surface area (Å²) in [5, 5.41) is 7.97. The first-order valence-electron chi connectivity index (χ1n) is 2.87. The SMILES string of the molecule is FCCn1nncc1CBr. The second kappa shape index (κ2) is 3.65. The lowest BCUT2D eigenvalue weighted by atomic mass is 10.5. The van der Waals surface area contributed by atoms with Crippen LogP contribution in [0.25, 0.3) is 0 Å². The maximum Gasteiger partial charge on any atom is 0.109 e. The number of alkyl halides is 2. The number of hydrogen-bond acceptors (Lipinski definition) is 2. The largest absolute Gasteiger partial charge is 0.249 e. The molecule has 10 heavy (non-hydrogen) atoms. The fourth-order valence-electron chi connectivity index (χ4n) is 0.651. The fourth-order valence-corrected chi connectivity index (χ4v) is 1.09. The summed E-state index contributed by atoms with van der Waals surface area (Å²) in [6.07, 6.45) is 1.62.